The van der Waals surface area contributed by atoms with Crippen LogP contribution in [0.15, 0.2) is 0 Å². The minimum Gasteiger partial charge on any atom is -0.377 e. The Labute approximate surface area is 91.5 Å². The SMILES string of the molecule is CCC1CCCCC1OCCC(=O)NN. The lowest BCUT2D eigenvalue weighted by Crippen LogP contribution is -2.32. The number of hydrogen-bond donors (Lipinski definition) is 2. The first kappa shape index (κ1) is 12.5. The number of hydrazine groups is 1. The van der Waals surface area contributed by atoms with Gasteiger partial charge in [-0.2, -0.15) is 0 Å². The topological polar surface area (TPSA) is 64.3 Å². The van der Waals surface area contributed by atoms with Crippen LogP contribution in [-0.2, 0) is 9.53 Å². The largest absolute Gasteiger partial charge is 0.377 e. The number of rotatable bonds is 5. The first-order valence-corrected chi connectivity index (χ1v) is 5.89. The van der Waals surface area contributed by atoms with E-state index in [0.29, 0.717) is 25.0 Å². The van der Waals surface area contributed by atoms with Gasteiger partial charge in [0.25, 0.3) is 0 Å². The summed E-state index contributed by atoms with van der Waals surface area (Å²) in [4.78, 5) is 10.9. The summed E-state index contributed by atoms with van der Waals surface area (Å²) >= 11 is 0. The molecule has 0 aliphatic heterocycles. The zero-order valence-corrected chi connectivity index (χ0v) is 9.50. The molecular formula is C11H22N2O2. The smallest absolute Gasteiger partial charge is 0.236 e. The van der Waals surface area contributed by atoms with Gasteiger partial charge in [0.05, 0.1) is 19.1 Å². The highest BCUT2D eigenvalue weighted by Crippen LogP contribution is 2.29. The van der Waals surface area contributed by atoms with Crippen molar-refractivity contribution in [3.8, 4) is 0 Å². The lowest BCUT2D eigenvalue weighted by atomic mass is 9.85. The van der Waals surface area contributed by atoms with Crippen molar-refractivity contribution in [3.05, 3.63) is 0 Å². The molecule has 0 aromatic carbocycles. The predicted octanol–water partition coefficient (Wildman–Crippen LogP) is 1.35. The summed E-state index contributed by atoms with van der Waals surface area (Å²) in [7, 11) is 0. The molecule has 0 heterocycles. The van der Waals surface area contributed by atoms with Gasteiger partial charge in [-0.15, -0.1) is 0 Å². The summed E-state index contributed by atoms with van der Waals surface area (Å²) in [5, 5.41) is 0. The van der Waals surface area contributed by atoms with Gasteiger partial charge in [-0.1, -0.05) is 26.2 Å². The van der Waals surface area contributed by atoms with Crippen LogP contribution in [0.2, 0.25) is 0 Å². The van der Waals surface area contributed by atoms with E-state index < -0.39 is 0 Å². The summed E-state index contributed by atoms with van der Waals surface area (Å²) in [6.45, 7) is 2.70. The van der Waals surface area contributed by atoms with Crippen molar-refractivity contribution in [2.75, 3.05) is 6.61 Å². The Balaban J connectivity index is 2.20. The zero-order valence-electron chi connectivity index (χ0n) is 9.50. The Morgan fingerprint density at radius 2 is 2.20 bits per heavy atom. The monoisotopic (exact) mass is 214 g/mol. The third-order valence-corrected chi connectivity index (χ3v) is 3.19. The van der Waals surface area contributed by atoms with Gasteiger partial charge in [0.15, 0.2) is 0 Å². The van der Waals surface area contributed by atoms with E-state index in [1.54, 1.807) is 0 Å². The standard InChI is InChI=1S/C11H22N2O2/c1-2-9-5-3-4-6-10(9)15-8-7-11(14)13-12/h9-10H,2-8,12H2,1H3,(H,13,14). The van der Waals surface area contributed by atoms with Crippen LogP contribution in [-0.4, -0.2) is 18.6 Å². The third-order valence-electron chi connectivity index (χ3n) is 3.19. The molecule has 1 fully saturated rings. The number of nitrogens with one attached hydrogen (secondary N) is 1. The van der Waals surface area contributed by atoms with Gasteiger partial charge in [-0.25, -0.2) is 5.84 Å². The second kappa shape index (κ2) is 6.80. The van der Waals surface area contributed by atoms with Crippen LogP contribution in [0.1, 0.15) is 45.4 Å². The van der Waals surface area contributed by atoms with Gasteiger partial charge in [0.1, 0.15) is 0 Å². The molecule has 0 aromatic heterocycles. The molecule has 1 aliphatic carbocycles. The molecule has 3 N–H and O–H groups in total. The average Bonchev–Trinajstić information content (AvgIpc) is 2.29. The van der Waals surface area contributed by atoms with Crippen molar-refractivity contribution in [2.45, 2.75) is 51.6 Å². The van der Waals surface area contributed by atoms with Crippen molar-refractivity contribution < 1.29 is 9.53 Å². The number of hydrogen-bond acceptors (Lipinski definition) is 3. The molecular weight excluding hydrogens is 192 g/mol. The lowest BCUT2D eigenvalue weighted by molar-refractivity contribution is -0.123. The number of amides is 1. The second-order valence-corrected chi connectivity index (χ2v) is 4.18. The molecule has 88 valence electrons. The molecule has 15 heavy (non-hydrogen) atoms. The summed E-state index contributed by atoms with van der Waals surface area (Å²) < 4.78 is 5.74. The Kier molecular flexibility index (Phi) is 5.65. The Morgan fingerprint density at radius 1 is 1.47 bits per heavy atom. The van der Waals surface area contributed by atoms with Crippen molar-refractivity contribution >= 4 is 5.91 Å². The van der Waals surface area contributed by atoms with Gasteiger partial charge in [-0.3, -0.25) is 10.2 Å². The zero-order chi connectivity index (χ0) is 11.1. The van der Waals surface area contributed by atoms with Crippen LogP contribution in [0.5, 0.6) is 0 Å². The third kappa shape index (κ3) is 4.18. The molecule has 4 nitrogen and oxygen atoms in total. The van der Waals surface area contributed by atoms with Crippen LogP contribution in [0, 0.1) is 5.92 Å². The predicted molar refractivity (Wildman–Crippen MR) is 58.9 cm³/mol. The van der Waals surface area contributed by atoms with E-state index in [2.05, 4.69) is 12.3 Å². The van der Waals surface area contributed by atoms with Gasteiger partial charge in [0, 0.05) is 0 Å². The van der Waals surface area contributed by atoms with Crippen molar-refractivity contribution in [1.82, 2.24) is 5.43 Å². The van der Waals surface area contributed by atoms with Gasteiger partial charge >= 0.3 is 0 Å². The highest BCUT2D eigenvalue weighted by atomic mass is 16.5. The van der Waals surface area contributed by atoms with Crippen LogP contribution in [0.4, 0.5) is 0 Å². The number of ether oxygens (including phenoxy) is 1. The highest BCUT2D eigenvalue weighted by Gasteiger charge is 2.24. The van der Waals surface area contributed by atoms with Crippen LogP contribution >= 0.6 is 0 Å². The first-order chi connectivity index (χ1) is 7.27. The highest BCUT2D eigenvalue weighted by molar-refractivity contribution is 5.75. The fourth-order valence-corrected chi connectivity index (χ4v) is 2.24. The Hall–Kier alpha value is -0.610. The molecule has 0 saturated heterocycles. The maximum absolute atomic E-state index is 10.9. The maximum atomic E-state index is 10.9. The van der Waals surface area contributed by atoms with E-state index in [-0.39, 0.29) is 5.91 Å². The second-order valence-electron chi connectivity index (χ2n) is 4.18. The minimum atomic E-state index is -0.154. The van der Waals surface area contributed by atoms with Crippen LogP contribution in [0.25, 0.3) is 0 Å². The van der Waals surface area contributed by atoms with Gasteiger partial charge in [-0.05, 0) is 18.8 Å². The molecule has 1 rings (SSSR count). The van der Waals surface area contributed by atoms with Gasteiger partial charge < -0.3 is 4.74 Å². The molecule has 1 amide bonds. The molecule has 0 aromatic rings. The maximum Gasteiger partial charge on any atom is 0.236 e. The molecule has 1 saturated carbocycles. The summed E-state index contributed by atoms with van der Waals surface area (Å²) in [5.74, 6) is 5.52. The fourth-order valence-electron chi connectivity index (χ4n) is 2.24. The Morgan fingerprint density at radius 3 is 2.87 bits per heavy atom. The molecule has 4 heteroatoms. The summed E-state index contributed by atoms with van der Waals surface area (Å²) in [5.41, 5.74) is 2.11. The first-order valence-electron chi connectivity index (χ1n) is 5.89. The molecule has 1 aliphatic rings. The fraction of sp³-hybridized carbons (Fsp3) is 0.909. The minimum absolute atomic E-state index is 0.154. The average molecular weight is 214 g/mol. The van der Waals surface area contributed by atoms with Crippen molar-refractivity contribution in [3.63, 3.8) is 0 Å². The Bertz CT molecular complexity index is 197. The van der Waals surface area contributed by atoms with Crippen molar-refractivity contribution in [1.29, 1.82) is 0 Å². The quantitative estimate of drug-likeness (QED) is 0.412. The number of nitrogens with two attached hydrogens (primary N) is 1. The number of carbonyl (C=O) groups is 1. The van der Waals surface area contributed by atoms with E-state index in [4.69, 9.17) is 10.6 Å². The lowest BCUT2D eigenvalue weighted by Gasteiger charge is -2.30. The normalized spacial score (nSPS) is 26.3. The molecule has 0 spiro atoms. The summed E-state index contributed by atoms with van der Waals surface area (Å²) in [6.07, 6.45) is 6.88. The number of carbonyl (C=O) groups excluding carboxylic acids is 1. The summed E-state index contributed by atoms with van der Waals surface area (Å²) in [6, 6.07) is 0. The van der Waals surface area contributed by atoms with E-state index >= 15 is 0 Å². The van der Waals surface area contributed by atoms with E-state index in [9.17, 15) is 4.79 Å². The molecule has 2 unspecified atom stereocenters. The molecule has 0 bridgehead atoms. The van der Waals surface area contributed by atoms with E-state index in [0.717, 1.165) is 6.42 Å². The molecule has 2 atom stereocenters. The van der Waals surface area contributed by atoms with Crippen LogP contribution < -0.4 is 11.3 Å². The molecule has 0 radical (unpaired) electrons. The van der Waals surface area contributed by atoms with Crippen LogP contribution in [0.3, 0.4) is 0 Å². The van der Waals surface area contributed by atoms with Gasteiger partial charge in [0.2, 0.25) is 5.91 Å². The van der Waals surface area contributed by atoms with Crippen molar-refractivity contribution in [2.24, 2.45) is 11.8 Å². The van der Waals surface area contributed by atoms with E-state index in [1.165, 1.54) is 25.7 Å². The van der Waals surface area contributed by atoms with E-state index in [1.807, 2.05) is 0 Å².